The fourth-order valence-corrected chi connectivity index (χ4v) is 4.05. The van der Waals surface area contributed by atoms with Crippen molar-refractivity contribution >= 4 is 0 Å². The summed E-state index contributed by atoms with van der Waals surface area (Å²) in [6.45, 7) is 16.0. The number of ether oxygens (including phenoxy) is 1. The molecule has 172 valence electrons. The number of nitrogens with one attached hydrogen (secondary N) is 3. The van der Waals surface area contributed by atoms with Gasteiger partial charge in [0.05, 0.1) is 12.7 Å². The normalized spacial score (nSPS) is 17.0. The minimum Gasteiger partial charge on any atom is -0.490 e. The van der Waals surface area contributed by atoms with Gasteiger partial charge in [-0.1, -0.05) is 38.6 Å². The second-order valence-corrected chi connectivity index (χ2v) is 8.07. The standard InChI is InChI=1S/C26H41N3O2/c1-5-8-25-20(4)29-26(24(25)7-3)19-21-9-11-23(12-10-21)31-22(6-2)13-14-27-15-16-28-17-18-30/h5,9-12,22,25,27-30H,1,4,6-8,13-19H2,2-3H3/t22?,25-/m0/s1. The maximum absolute atomic E-state index is 8.75. The van der Waals surface area contributed by atoms with Crippen LogP contribution in [-0.2, 0) is 6.42 Å². The summed E-state index contributed by atoms with van der Waals surface area (Å²) in [5.74, 6) is 1.31. The predicted octanol–water partition coefficient (Wildman–Crippen LogP) is 3.92. The molecule has 0 fully saturated rings. The first-order valence-electron chi connectivity index (χ1n) is 11.7. The molecule has 1 aliphatic rings. The molecular weight excluding hydrogens is 386 g/mol. The highest BCUT2D eigenvalue weighted by Crippen LogP contribution is 2.34. The minimum atomic E-state index is 0.184. The van der Waals surface area contributed by atoms with E-state index < -0.39 is 0 Å². The summed E-state index contributed by atoms with van der Waals surface area (Å²) in [5, 5.41) is 18.9. The SMILES string of the molecule is C=CC[C@H]1C(=C)NC(Cc2ccc(OC(CC)CCNCCNCCO)cc2)=C1CC. The molecule has 0 radical (unpaired) electrons. The molecule has 2 atom stereocenters. The van der Waals surface area contributed by atoms with E-state index in [0.717, 1.165) is 63.2 Å². The summed E-state index contributed by atoms with van der Waals surface area (Å²) in [5.41, 5.74) is 5.11. The fraction of sp³-hybridized carbons (Fsp3) is 0.538. The number of hydrogen-bond donors (Lipinski definition) is 4. The largest absolute Gasteiger partial charge is 0.490 e. The zero-order chi connectivity index (χ0) is 22.5. The van der Waals surface area contributed by atoms with Crippen LogP contribution in [0.4, 0.5) is 0 Å². The van der Waals surface area contributed by atoms with Crippen LogP contribution >= 0.6 is 0 Å². The number of aliphatic hydroxyl groups excluding tert-OH is 1. The molecule has 0 aromatic heterocycles. The second-order valence-electron chi connectivity index (χ2n) is 8.07. The van der Waals surface area contributed by atoms with Crippen molar-refractivity contribution in [2.24, 2.45) is 5.92 Å². The zero-order valence-corrected chi connectivity index (χ0v) is 19.4. The topological polar surface area (TPSA) is 65.5 Å². The lowest BCUT2D eigenvalue weighted by Crippen LogP contribution is -2.31. The van der Waals surface area contributed by atoms with Crippen LogP contribution in [0, 0.1) is 5.92 Å². The molecule has 0 saturated heterocycles. The number of benzene rings is 1. The summed E-state index contributed by atoms with van der Waals surface area (Å²) in [6.07, 6.45) is 7.01. The maximum atomic E-state index is 8.75. The fourth-order valence-electron chi connectivity index (χ4n) is 4.05. The van der Waals surface area contributed by atoms with Gasteiger partial charge in [-0.3, -0.25) is 0 Å². The highest BCUT2D eigenvalue weighted by Gasteiger charge is 2.26. The quantitative estimate of drug-likeness (QED) is 0.238. The van der Waals surface area contributed by atoms with E-state index in [1.54, 1.807) is 0 Å². The van der Waals surface area contributed by atoms with Crippen LogP contribution in [0.3, 0.4) is 0 Å². The molecule has 1 heterocycles. The molecule has 1 aromatic carbocycles. The van der Waals surface area contributed by atoms with E-state index in [2.05, 4.69) is 67.2 Å². The van der Waals surface area contributed by atoms with Gasteiger partial charge in [0.2, 0.25) is 0 Å². The van der Waals surface area contributed by atoms with E-state index in [0.29, 0.717) is 12.5 Å². The Morgan fingerprint density at radius 3 is 2.45 bits per heavy atom. The van der Waals surface area contributed by atoms with Crippen molar-refractivity contribution in [3.8, 4) is 5.75 Å². The lowest BCUT2D eigenvalue weighted by molar-refractivity contribution is 0.186. The first kappa shape index (κ1) is 25.2. The maximum Gasteiger partial charge on any atom is 0.119 e. The van der Waals surface area contributed by atoms with Crippen molar-refractivity contribution in [1.29, 1.82) is 0 Å². The average molecular weight is 428 g/mol. The lowest BCUT2D eigenvalue weighted by Gasteiger charge is -2.18. The Morgan fingerprint density at radius 2 is 1.84 bits per heavy atom. The molecular formula is C26H41N3O2. The molecule has 5 nitrogen and oxygen atoms in total. The highest BCUT2D eigenvalue weighted by atomic mass is 16.5. The van der Waals surface area contributed by atoms with E-state index in [4.69, 9.17) is 9.84 Å². The Balaban J connectivity index is 1.83. The molecule has 31 heavy (non-hydrogen) atoms. The Bertz CT molecular complexity index is 712. The van der Waals surface area contributed by atoms with Gasteiger partial charge in [0.1, 0.15) is 5.75 Å². The summed E-state index contributed by atoms with van der Waals surface area (Å²) in [7, 11) is 0. The molecule has 0 aliphatic carbocycles. The van der Waals surface area contributed by atoms with Gasteiger partial charge in [-0.2, -0.15) is 0 Å². The third-order valence-corrected chi connectivity index (χ3v) is 5.80. The van der Waals surface area contributed by atoms with Gasteiger partial charge in [0, 0.05) is 43.4 Å². The molecule has 0 bridgehead atoms. The van der Waals surface area contributed by atoms with Gasteiger partial charge in [-0.15, -0.1) is 6.58 Å². The van der Waals surface area contributed by atoms with Crippen LogP contribution in [0.25, 0.3) is 0 Å². The summed E-state index contributed by atoms with van der Waals surface area (Å²) in [4.78, 5) is 0. The number of aliphatic hydroxyl groups is 1. The Hall–Kier alpha value is -2.08. The predicted molar refractivity (Wildman–Crippen MR) is 130 cm³/mol. The third kappa shape index (κ3) is 8.17. The molecule has 1 aromatic rings. The molecule has 5 heteroatoms. The van der Waals surface area contributed by atoms with E-state index in [1.807, 2.05) is 6.08 Å². The number of rotatable bonds is 16. The lowest BCUT2D eigenvalue weighted by atomic mass is 9.92. The first-order chi connectivity index (χ1) is 15.1. The summed E-state index contributed by atoms with van der Waals surface area (Å²) < 4.78 is 6.20. The summed E-state index contributed by atoms with van der Waals surface area (Å²) in [6, 6.07) is 8.50. The molecule has 1 aliphatic heterocycles. The van der Waals surface area contributed by atoms with Gasteiger partial charge < -0.3 is 25.8 Å². The van der Waals surface area contributed by atoms with Crippen LogP contribution in [0.15, 0.2) is 60.5 Å². The molecule has 0 spiro atoms. The average Bonchev–Trinajstić information content (AvgIpc) is 3.07. The van der Waals surface area contributed by atoms with Gasteiger partial charge in [-0.05, 0) is 55.5 Å². The second kappa shape index (κ2) is 14.1. The van der Waals surface area contributed by atoms with Gasteiger partial charge in [-0.25, -0.2) is 0 Å². The monoisotopic (exact) mass is 427 g/mol. The summed E-state index contributed by atoms with van der Waals surface area (Å²) >= 11 is 0. The van der Waals surface area contributed by atoms with Gasteiger partial charge in [0.15, 0.2) is 0 Å². The van der Waals surface area contributed by atoms with Crippen molar-refractivity contribution < 1.29 is 9.84 Å². The Kier molecular flexibility index (Phi) is 11.4. The van der Waals surface area contributed by atoms with E-state index in [-0.39, 0.29) is 12.7 Å². The zero-order valence-electron chi connectivity index (χ0n) is 19.4. The Labute approximate surface area is 188 Å². The Morgan fingerprint density at radius 1 is 1.13 bits per heavy atom. The highest BCUT2D eigenvalue weighted by molar-refractivity contribution is 5.38. The molecule has 4 N–H and O–H groups in total. The van der Waals surface area contributed by atoms with Crippen molar-refractivity contribution in [3.63, 3.8) is 0 Å². The van der Waals surface area contributed by atoms with Crippen molar-refractivity contribution in [2.75, 3.05) is 32.8 Å². The molecule has 1 unspecified atom stereocenters. The van der Waals surface area contributed by atoms with Gasteiger partial charge >= 0.3 is 0 Å². The van der Waals surface area contributed by atoms with E-state index in [1.165, 1.54) is 16.8 Å². The van der Waals surface area contributed by atoms with Crippen molar-refractivity contribution in [2.45, 2.75) is 52.1 Å². The molecule has 0 saturated carbocycles. The van der Waals surface area contributed by atoms with Gasteiger partial charge in [0.25, 0.3) is 0 Å². The number of allylic oxidation sites excluding steroid dienone is 3. The van der Waals surface area contributed by atoms with E-state index >= 15 is 0 Å². The first-order valence-corrected chi connectivity index (χ1v) is 11.7. The van der Waals surface area contributed by atoms with Crippen LogP contribution < -0.4 is 20.7 Å². The third-order valence-electron chi connectivity index (χ3n) is 5.80. The molecule has 0 amide bonds. The van der Waals surface area contributed by atoms with Crippen LogP contribution in [0.5, 0.6) is 5.75 Å². The van der Waals surface area contributed by atoms with Crippen molar-refractivity contribution in [3.05, 3.63) is 66.0 Å². The van der Waals surface area contributed by atoms with Crippen LogP contribution in [0.1, 0.15) is 45.1 Å². The van der Waals surface area contributed by atoms with Crippen molar-refractivity contribution in [1.82, 2.24) is 16.0 Å². The van der Waals surface area contributed by atoms with Crippen LogP contribution in [0.2, 0.25) is 0 Å². The van der Waals surface area contributed by atoms with Crippen LogP contribution in [-0.4, -0.2) is 44.0 Å². The minimum absolute atomic E-state index is 0.184. The molecule has 2 rings (SSSR count). The number of hydrogen-bond acceptors (Lipinski definition) is 5. The smallest absolute Gasteiger partial charge is 0.119 e. The van der Waals surface area contributed by atoms with E-state index in [9.17, 15) is 0 Å².